The summed E-state index contributed by atoms with van der Waals surface area (Å²) >= 11 is 4.78. The Morgan fingerprint density at radius 2 is 2.32 bits per heavy atom. The molecule has 4 nitrogen and oxygen atoms in total. The molecule has 3 rings (SSSR count). The van der Waals surface area contributed by atoms with Gasteiger partial charge in [0, 0.05) is 23.8 Å². The lowest BCUT2D eigenvalue weighted by molar-refractivity contribution is 0.301. The molecule has 0 aliphatic heterocycles. The molecule has 0 aliphatic rings. The summed E-state index contributed by atoms with van der Waals surface area (Å²) in [5, 5.41) is 1.96. The number of ether oxygens (including phenoxy) is 1. The lowest BCUT2D eigenvalue weighted by Crippen LogP contribution is -2.00. The van der Waals surface area contributed by atoms with Crippen molar-refractivity contribution in [1.82, 2.24) is 9.38 Å². The minimum atomic E-state index is -0.403. The normalized spacial score (nSPS) is 11.1. The smallest absolute Gasteiger partial charge is 0.193 e. The van der Waals surface area contributed by atoms with E-state index in [1.54, 1.807) is 11.3 Å². The molecule has 3 aromatic rings. The summed E-state index contributed by atoms with van der Waals surface area (Å²) in [7, 11) is 0. The van der Waals surface area contributed by atoms with Crippen molar-refractivity contribution in [2.24, 2.45) is 0 Å². The number of hydrogen-bond donors (Lipinski definition) is 1. The number of nitrogens with zero attached hydrogens (tertiary/aromatic N) is 2. The zero-order chi connectivity index (χ0) is 13.4. The fourth-order valence-corrected chi connectivity index (χ4v) is 3.01. The van der Waals surface area contributed by atoms with Crippen LogP contribution in [0.15, 0.2) is 34.4 Å². The van der Waals surface area contributed by atoms with E-state index in [2.05, 4.69) is 20.9 Å². The average molecular weight is 342 g/mol. The van der Waals surface area contributed by atoms with Crippen LogP contribution in [0.4, 0.5) is 10.1 Å². The summed E-state index contributed by atoms with van der Waals surface area (Å²) in [6, 6.07) is 2.54. The monoisotopic (exact) mass is 341 g/mol. The third-order valence-corrected chi connectivity index (χ3v) is 3.90. The van der Waals surface area contributed by atoms with Gasteiger partial charge in [0.15, 0.2) is 10.7 Å². The topological polar surface area (TPSA) is 52.5 Å². The Balaban J connectivity index is 1.81. The summed E-state index contributed by atoms with van der Waals surface area (Å²) in [6.45, 7) is 0.281. The third kappa shape index (κ3) is 2.43. The molecule has 98 valence electrons. The number of halogens is 2. The Bertz CT molecular complexity index is 688. The van der Waals surface area contributed by atoms with Crippen LogP contribution in [0, 0.1) is 5.82 Å². The number of fused-ring (bicyclic) bond motifs is 1. The van der Waals surface area contributed by atoms with Gasteiger partial charge >= 0.3 is 0 Å². The fraction of sp³-hybridized carbons (Fsp3) is 0.0833. The van der Waals surface area contributed by atoms with Crippen LogP contribution in [-0.4, -0.2) is 9.38 Å². The maximum atomic E-state index is 13.1. The minimum Gasteiger partial charge on any atom is -0.484 e. The van der Waals surface area contributed by atoms with E-state index in [9.17, 15) is 4.39 Å². The highest BCUT2D eigenvalue weighted by Gasteiger charge is 2.10. The van der Waals surface area contributed by atoms with E-state index in [0.29, 0.717) is 10.2 Å². The van der Waals surface area contributed by atoms with Crippen molar-refractivity contribution in [3.63, 3.8) is 0 Å². The highest BCUT2D eigenvalue weighted by Crippen LogP contribution is 2.32. The van der Waals surface area contributed by atoms with Crippen molar-refractivity contribution in [1.29, 1.82) is 0 Å². The second kappa shape index (κ2) is 4.82. The van der Waals surface area contributed by atoms with E-state index in [1.165, 1.54) is 12.1 Å². The second-order valence-corrected chi connectivity index (χ2v) is 5.65. The van der Waals surface area contributed by atoms with Gasteiger partial charge in [-0.25, -0.2) is 9.37 Å². The van der Waals surface area contributed by atoms with Crippen LogP contribution >= 0.6 is 27.3 Å². The molecule has 0 spiro atoms. The van der Waals surface area contributed by atoms with Gasteiger partial charge in [-0.05, 0) is 22.0 Å². The quantitative estimate of drug-likeness (QED) is 0.742. The Morgan fingerprint density at radius 1 is 1.47 bits per heavy atom. The molecular formula is C12H9BrFN3OS. The number of benzene rings is 1. The van der Waals surface area contributed by atoms with E-state index in [4.69, 9.17) is 10.5 Å². The highest BCUT2D eigenvalue weighted by molar-refractivity contribution is 9.10. The third-order valence-electron chi connectivity index (χ3n) is 2.54. The molecule has 2 N–H and O–H groups in total. The maximum absolute atomic E-state index is 13.1. The van der Waals surface area contributed by atoms with Crippen molar-refractivity contribution in [3.8, 4) is 5.75 Å². The van der Waals surface area contributed by atoms with Crippen LogP contribution in [0.3, 0.4) is 0 Å². The largest absolute Gasteiger partial charge is 0.484 e. The van der Waals surface area contributed by atoms with E-state index in [0.717, 1.165) is 10.7 Å². The van der Waals surface area contributed by atoms with Crippen LogP contribution in [-0.2, 0) is 6.61 Å². The summed E-state index contributed by atoms with van der Waals surface area (Å²) in [5.41, 5.74) is 6.77. The lowest BCUT2D eigenvalue weighted by atomic mass is 10.3. The first kappa shape index (κ1) is 12.4. The van der Waals surface area contributed by atoms with Crippen LogP contribution < -0.4 is 10.5 Å². The summed E-state index contributed by atoms with van der Waals surface area (Å²) < 4.78 is 21.1. The minimum absolute atomic E-state index is 0.257. The predicted octanol–water partition coefficient (Wildman–Crippen LogP) is 3.46. The molecule has 0 fully saturated rings. The molecular weight excluding hydrogens is 333 g/mol. The number of anilines is 1. The fourth-order valence-electron chi connectivity index (χ4n) is 1.72. The Kier molecular flexibility index (Phi) is 3.16. The van der Waals surface area contributed by atoms with E-state index in [-0.39, 0.29) is 12.3 Å². The Labute approximate surface area is 120 Å². The number of nitrogens with two attached hydrogens (primary N) is 1. The zero-order valence-corrected chi connectivity index (χ0v) is 12.0. The Morgan fingerprint density at radius 3 is 3.05 bits per heavy atom. The van der Waals surface area contributed by atoms with Crippen molar-refractivity contribution in [2.75, 3.05) is 5.73 Å². The summed E-state index contributed by atoms with van der Waals surface area (Å²) in [4.78, 5) is 5.30. The number of aromatic nitrogens is 2. The summed E-state index contributed by atoms with van der Waals surface area (Å²) in [5.74, 6) is 0.0250. The molecule has 0 radical (unpaired) electrons. The van der Waals surface area contributed by atoms with Crippen molar-refractivity contribution in [3.05, 3.63) is 45.9 Å². The van der Waals surface area contributed by atoms with Crippen molar-refractivity contribution >= 4 is 37.9 Å². The number of rotatable bonds is 3. The molecule has 1 aromatic carbocycles. The first-order chi connectivity index (χ1) is 9.13. The molecule has 2 aromatic heterocycles. The molecule has 2 heterocycles. The van der Waals surface area contributed by atoms with E-state index in [1.807, 2.05) is 22.2 Å². The van der Waals surface area contributed by atoms with Crippen LogP contribution in [0.5, 0.6) is 5.75 Å². The van der Waals surface area contributed by atoms with Gasteiger partial charge in [-0.1, -0.05) is 0 Å². The van der Waals surface area contributed by atoms with Gasteiger partial charge in [0.2, 0.25) is 0 Å². The second-order valence-electron chi connectivity index (χ2n) is 3.92. The molecule has 0 amide bonds. The molecule has 19 heavy (non-hydrogen) atoms. The first-order valence-corrected chi connectivity index (χ1v) is 7.09. The Hall–Kier alpha value is -1.60. The van der Waals surface area contributed by atoms with E-state index < -0.39 is 5.82 Å². The summed E-state index contributed by atoms with van der Waals surface area (Å²) in [6.07, 6.45) is 3.82. The molecule has 0 atom stereocenters. The van der Waals surface area contributed by atoms with Gasteiger partial charge < -0.3 is 10.5 Å². The standard InChI is InChI=1S/C12H9BrFN3OS/c13-9-3-7(14)4-10(15)11(9)18-6-8-5-17-1-2-19-12(17)16-8/h1-5H,6,15H2. The molecule has 0 saturated carbocycles. The zero-order valence-electron chi connectivity index (χ0n) is 9.64. The SMILES string of the molecule is Nc1cc(F)cc(Br)c1OCc1cn2ccsc2n1. The average Bonchev–Trinajstić information content (AvgIpc) is 2.87. The van der Waals surface area contributed by atoms with Gasteiger partial charge in [0.25, 0.3) is 0 Å². The number of nitrogen functional groups attached to an aromatic ring is 1. The molecule has 0 aliphatic carbocycles. The predicted molar refractivity (Wildman–Crippen MR) is 75.9 cm³/mol. The highest BCUT2D eigenvalue weighted by atomic mass is 79.9. The van der Waals surface area contributed by atoms with Crippen molar-refractivity contribution in [2.45, 2.75) is 6.61 Å². The van der Waals surface area contributed by atoms with Crippen LogP contribution in [0.25, 0.3) is 4.96 Å². The van der Waals surface area contributed by atoms with Gasteiger partial charge in [0.1, 0.15) is 12.4 Å². The van der Waals surface area contributed by atoms with Gasteiger partial charge in [0.05, 0.1) is 15.9 Å². The van der Waals surface area contributed by atoms with Crippen LogP contribution in [0.1, 0.15) is 5.69 Å². The van der Waals surface area contributed by atoms with E-state index >= 15 is 0 Å². The van der Waals surface area contributed by atoms with Gasteiger partial charge in [-0.2, -0.15) is 0 Å². The van der Waals surface area contributed by atoms with Crippen LogP contribution in [0.2, 0.25) is 0 Å². The number of thiazole rings is 1. The lowest BCUT2D eigenvalue weighted by Gasteiger charge is -2.09. The molecule has 7 heteroatoms. The maximum Gasteiger partial charge on any atom is 0.193 e. The number of hydrogen-bond acceptors (Lipinski definition) is 4. The molecule has 0 bridgehead atoms. The number of imidazole rings is 1. The first-order valence-electron chi connectivity index (χ1n) is 5.42. The van der Waals surface area contributed by atoms with Crippen molar-refractivity contribution < 1.29 is 9.13 Å². The molecule has 0 unspecified atom stereocenters. The van der Waals surface area contributed by atoms with Gasteiger partial charge in [-0.3, -0.25) is 4.40 Å². The van der Waals surface area contributed by atoms with Gasteiger partial charge in [-0.15, -0.1) is 11.3 Å². The molecule has 0 saturated heterocycles.